The van der Waals surface area contributed by atoms with Gasteiger partial charge in [-0.25, -0.2) is 0 Å². The van der Waals surface area contributed by atoms with Crippen LogP contribution < -0.4 is 5.56 Å². The van der Waals surface area contributed by atoms with E-state index in [1.807, 2.05) is 13.8 Å². The standard InChI is InChI=1S/C11H16N4O/c1-6(2)9-10(7(3)4)13-8-5-12-14-15(8)11(9)16/h5-7,13H,1-4H3. The SMILES string of the molecule is CC(C)c1[nH]c2cnnn2c(=O)c1C(C)C. The Labute approximate surface area is 93.5 Å². The van der Waals surface area contributed by atoms with Crippen molar-refractivity contribution in [1.82, 2.24) is 19.8 Å². The zero-order valence-electron chi connectivity index (χ0n) is 9.98. The van der Waals surface area contributed by atoms with E-state index >= 15 is 0 Å². The summed E-state index contributed by atoms with van der Waals surface area (Å²) in [5.74, 6) is 0.458. The molecule has 0 aliphatic carbocycles. The van der Waals surface area contributed by atoms with Crippen LogP contribution in [0.2, 0.25) is 0 Å². The molecule has 16 heavy (non-hydrogen) atoms. The second-order valence-corrected chi connectivity index (χ2v) is 4.60. The van der Waals surface area contributed by atoms with E-state index in [-0.39, 0.29) is 17.4 Å². The number of nitrogens with one attached hydrogen (secondary N) is 1. The van der Waals surface area contributed by atoms with E-state index in [1.165, 1.54) is 4.52 Å². The van der Waals surface area contributed by atoms with Gasteiger partial charge in [0.25, 0.3) is 5.56 Å². The van der Waals surface area contributed by atoms with Crippen LogP contribution >= 0.6 is 0 Å². The number of fused-ring (bicyclic) bond motifs is 1. The van der Waals surface area contributed by atoms with E-state index in [4.69, 9.17) is 0 Å². The molecule has 1 N–H and O–H groups in total. The van der Waals surface area contributed by atoms with Crippen LogP contribution in [0.1, 0.15) is 50.8 Å². The van der Waals surface area contributed by atoms with Crippen molar-refractivity contribution in [2.75, 3.05) is 0 Å². The van der Waals surface area contributed by atoms with E-state index in [0.717, 1.165) is 11.3 Å². The maximum absolute atomic E-state index is 12.2. The fourth-order valence-corrected chi connectivity index (χ4v) is 1.92. The monoisotopic (exact) mass is 220 g/mol. The summed E-state index contributed by atoms with van der Waals surface area (Å²) in [6.07, 6.45) is 1.57. The van der Waals surface area contributed by atoms with Crippen molar-refractivity contribution >= 4 is 5.65 Å². The Bertz CT molecular complexity index is 565. The molecule has 0 amide bonds. The van der Waals surface area contributed by atoms with Crippen molar-refractivity contribution < 1.29 is 0 Å². The van der Waals surface area contributed by atoms with Gasteiger partial charge in [0.05, 0.1) is 6.20 Å². The molecule has 0 aliphatic heterocycles. The molecule has 2 rings (SSSR count). The Morgan fingerprint density at radius 2 is 1.94 bits per heavy atom. The van der Waals surface area contributed by atoms with Gasteiger partial charge in [-0.15, -0.1) is 5.10 Å². The van der Waals surface area contributed by atoms with Crippen LogP contribution in [0.4, 0.5) is 0 Å². The lowest BCUT2D eigenvalue weighted by molar-refractivity contribution is 0.712. The smallest absolute Gasteiger partial charge is 0.279 e. The summed E-state index contributed by atoms with van der Waals surface area (Å²) in [6.45, 7) is 8.16. The third-order valence-corrected chi connectivity index (χ3v) is 2.68. The molecule has 2 aromatic rings. The molecule has 0 bridgehead atoms. The van der Waals surface area contributed by atoms with E-state index in [9.17, 15) is 4.79 Å². The molecule has 0 aromatic carbocycles. The molecule has 5 nitrogen and oxygen atoms in total. The number of rotatable bonds is 2. The first-order chi connectivity index (χ1) is 7.52. The van der Waals surface area contributed by atoms with Gasteiger partial charge in [-0.3, -0.25) is 4.79 Å². The molecular formula is C11H16N4O. The van der Waals surface area contributed by atoms with Crippen LogP contribution in [0.15, 0.2) is 11.0 Å². The number of hydrogen-bond donors (Lipinski definition) is 1. The van der Waals surface area contributed by atoms with Crippen molar-refractivity contribution in [3.05, 3.63) is 27.8 Å². The van der Waals surface area contributed by atoms with Crippen molar-refractivity contribution in [2.24, 2.45) is 0 Å². The van der Waals surface area contributed by atoms with Gasteiger partial charge in [-0.05, 0) is 11.8 Å². The lowest BCUT2D eigenvalue weighted by Gasteiger charge is -2.14. The van der Waals surface area contributed by atoms with E-state index < -0.39 is 0 Å². The van der Waals surface area contributed by atoms with Crippen LogP contribution in [-0.2, 0) is 0 Å². The van der Waals surface area contributed by atoms with E-state index in [1.54, 1.807) is 6.20 Å². The molecule has 86 valence electrons. The number of hydrogen-bond acceptors (Lipinski definition) is 3. The largest absolute Gasteiger partial charge is 0.342 e. The summed E-state index contributed by atoms with van der Waals surface area (Å²) in [7, 11) is 0. The highest BCUT2D eigenvalue weighted by atomic mass is 16.1. The zero-order chi connectivity index (χ0) is 11.9. The molecule has 0 aliphatic rings. The molecule has 2 aromatic heterocycles. The molecule has 2 heterocycles. The lowest BCUT2D eigenvalue weighted by Crippen LogP contribution is -2.24. The molecule has 0 radical (unpaired) electrons. The van der Waals surface area contributed by atoms with Gasteiger partial charge in [-0.1, -0.05) is 32.9 Å². The highest BCUT2D eigenvalue weighted by molar-refractivity contribution is 5.38. The maximum atomic E-state index is 12.2. The van der Waals surface area contributed by atoms with Crippen LogP contribution in [0, 0.1) is 0 Å². The molecule has 0 saturated heterocycles. The number of H-pyrrole nitrogens is 1. The second-order valence-electron chi connectivity index (χ2n) is 4.60. The number of aromatic nitrogens is 4. The number of aromatic amines is 1. The lowest BCUT2D eigenvalue weighted by atomic mass is 9.97. The highest BCUT2D eigenvalue weighted by Crippen LogP contribution is 2.21. The fourth-order valence-electron chi connectivity index (χ4n) is 1.92. The van der Waals surface area contributed by atoms with Gasteiger partial charge in [0.1, 0.15) is 0 Å². The summed E-state index contributed by atoms with van der Waals surface area (Å²) < 4.78 is 1.32. The minimum atomic E-state index is -0.0649. The Hall–Kier alpha value is -1.65. The Morgan fingerprint density at radius 3 is 2.50 bits per heavy atom. The normalized spacial score (nSPS) is 11.9. The van der Waals surface area contributed by atoms with Gasteiger partial charge in [0.2, 0.25) is 0 Å². The topological polar surface area (TPSA) is 63.1 Å². The van der Waals surface area contributed by atoms with E-state index in [0.29, 0.717) is 5.65 Å². The first-order valence-corrected chi connectivity index (χ1v) is 5.48. The molecule has 0 saturated carbocycles. The molecular weight excluding hydrogens is 204 g/mol. The maximum Gasteiger partial charge on any atom is 0.279 e. The van der Waals surface area contributed by atoms with Gasteiger partial charge in [-0.2, -0.15) is 4.52 Å². The fraction of sp³-hybridized carbons (Fsp3) is 0.545. The number of nitrogens with zero attached hydrogens (tertiary/aromatic N) is 3. The summed E-state index contributed by atoms with van der Waals surface area (Å²) in [6, 6.07) is 0. The van der Waals surface area contributed by atoms with Crippen LogP contribution in [-0.4, -0.2) is 19.8 Å². The molecule has 0 atom stereocenters. The average Bonchev–Trinajstić information content (AvgIpc) is 2.64. The first kappa shape index (κ1) is 10.9. The Balaban J connectivity index is 2.86. The van der Waals surface area contributed by atoms with E-state index in [2.05, 4.69) is 29.1 Å². The summed E-state index contributed by atoms with van der Waals surface area (Å²) in [5, 5.41) is 7.53. The minimum Gasteiger partial charge on any atom is -0.342 e. The molecule has 0 spiro atoms. The Kier molecular flexibility index (Phi) is 2.53. The third-order valence-electron chi connectivity index (χ3n) is 2.68. The summed E-state index contributed by atoms with van der Waals surface area (Å²) in [4.78, 5) is 15.4. The third kappa shape index (κ3) is 1.52. The quantitative estimate of drug-likeness (QED) is 0.837. The van der Waals surface area contributed by atoms with Crippen LogP contribution in [0.25, 0.3) is 5.65 Å². The predicted octanol–water partition coefficient (Wildman–Crippen LogP) is 1.66. The molecule has 0 unspecified atom stereocenters. The van der Waals surface area contributed by atoms with Gasteiger partial charge < -0.3 is 4.98 Å². The molecule has 5 heteroatoms. The Morgan fingerprint density at radius 1 is 1.25 bits per heavy atom. The highest BCUT2D eigenvalue weighted by Gasteiger charge is 2.17. The predicted molar refractivity (Wildman–Crippen MR) is 61.8 cm³/mol. The van der Waals surface area contributed by atoms with Crippen molar-refractivity contribution in [3.63, 3.8) is 0 Å². The van der Waals surface area contributed by atoms with Crippen LogP contribution in [0.3, 0.4) is 0 Å². The zero-order valence-corrected chi connectivity index (χ0v) is 9.98. The minimum absolute atomic E-state index is 0.0649. The van der Waals surface area contributed by atoms with Crippen LogP contribution in [0.5, 0.6) is 0 Å². The summed E-state index contributed by atoms with van der Waals surface area (Å²) in [5.41, 5.74) is 2.37. The van der Waals surface area contributed by atoms with Crippen molar-refractivity contribution in [3.8, 4) is 0 Å². The summed E-state index contributed by atoms with van der Waals surface area (Å²) >= 11 is 0. The second kappa shape index (κ2) is 3.73. The van der Waals surface area contributed by atoms with Gasteiger partial charge in [0, 0.05) is 11.3 Å². The van der Waals surface area contributed by atoms with Crippen molar-refractivity contribution in [2.45, 2.75) is 39.5 Å². The van der Waals surface area contributed by atoms with Gasteiger partial charge >= 0.3 is 0 Å². The van der Waals surface area contributed by atoms with Gasteiger partial charge in [0.15, 0.2) is 5.65 Å². The molecule has 0 fully saturated rings. The van der Waals surface area contributed by atoms with Crippen molar-refractivity contribution in [1.29, 1.82) is 0 Å². The first-order valence-electron chi connectivity index (χ1n) is 5.48. The average molecular weight is 220 g/mol.